The van der Waals surface area contributed by atoms with Gasteiger partial charge in [0.15, 0.2) is 0 Å². The summed E-state index contributed by atoms with van der Waals surface area (Å²) in [5.41, 5.74) is 8.21. The fourth-order valence-electron chi connectivity index (χ4n) is 2.19. The van der Waals surface area contributed by atoms with Crippen LogP contribution in [-0.2, 0) is 4.79 Å². The number of hydrogen-bond acceptors (Lipinski definition) is 5. The Labute approximate surface area is 110 Å². The maximum atomic E-state index is 11.9. The number of carbonyl (C=O) groups excluding carboxylic acids is 1. The molecule has 1 aliphatic heterocycles. The maximum Gasteiger partial charge on any atom is 0.240 e. The number of carbonyl (C=O) groups is 1. The fraction of sp³-hybridized carbons (Fsp3) is 0.231. The van der Waals surface area contributed by atoms with Gasteiger partial charge in [0.1, 0.15) is 0 Å². The second-order valence-corrected chi connectivity index (χ2v) is 4.38. The van der Waals surface area contributed by atoms with Crippen LogP contribution in [0.3, 0.4) is 0 Å². The molecule has 1 aromatic heterocycles. The average Bonchev–Trinajstić information content (AvgIpc) is 2.86. The first-order chi connectivity index (χ1) is 9.25. The molecule has 0 radical (unpaired) electrons. The molecule has 3 rings (SSSR count). The van der Waals surface area contributed by atoms with Crippen molar-refractivity contribution in [3.8, 4) is 11.1 Å². The standard InChI is InChI=1S/C13H14N4O2/c14-13-11(7-16-19-13)9-2-1-3-10(6-9)17-5-4-15-8-12(17)18/h1-3,6-7,15H,4-5,8,14H2. The van der Waals surface area contributed by atoms with Crippen molar-refractivity contribution in [3.05, 3.63) is 30.5 Å². The van der Waals surface area contributed by atoms with Crippen molar-refractivity contribution in [2.75, 3.05) is 30.3 Å². The highest BCUT2D eigenvalue weighted by molar-refractivity contribution is 5.96. The number of amides is 1. The van der Waals surface area contributed by atoms with Gasteiger partial charge >= 0.3 is 0 Å². The van der Waals surface area contributed by atoms with Crippen LogP contribution in [0.25, 0.3) is 11.1 Å². The molecule has 0 saturated carbocycles. The van der Waals surface area contributed by atoms with Gasteiger partial charge in [-0.05, 0) is 17.7 Å². The summed E-state index contributed by atoms with van der Waals surface area (Å²) in [6.45, 7) is 1.84. The van der Waals surface area contributed by atoms with Crippen LogP contribution in [0.2, 0.25) is 0 Å². The molecule has 1 aliphatic rings. The minimum atomic E-state index is 0.0710. The fourth-order valence-corrected chi connectivity index (χ4v) is 2.19. The van der Waals surface area contributed by atoms with E-state index in [-0.39, 0.29) is 11.8 Å². The molecule has 19 heavy (non-hydrogen) atoms. The van der Waals surface area contributed by atoms with E-state index in [1.54, 1.807) is 11.1 Å². The summed E-state index contributed by atoms with van der Waals surface area (Å²) in [5, 5.41) is 6.71. The van der Waals surface area contributed by atoms with Crippen LogP contribution in [0.15, 0.2) is 35.0 Å². The first-order valence-corrected chi connectivity index (χ1v) is 6.07. The first kappa shape index (κ1) is 11.7. The second-order valence-electron chi connectivity index (χ2n) is 4.38. The third-order valence-electron chi connectivity index (χ3n) is 3.16. The van der Waals surface area contributed by atoms with E-state index >= 15 is 0 Å². The molecule has 1 aromatic carbocycles. The summed E-state index contributed by atoms with van der Waals surface area (Å²) in [6, 6.07) is 7.65. The Hall–Kier alpha value is -2.34. The molecule has 0 aliphatic carbocycles. The number of rotatable bonds is 2. The van der Waals surface area contributed by atoms with Crippen molar-refractivity contribution in [2.45, 2.75) is 0 Å². The lowest BCUT2D eigenvalue weighted by Crippen LogP contribution is -2.48. The SMILES string of the molecule is Nc1oncc1-c1cccc(N2CCNCC2=O)c1. The quantitative estimate of drug-likeness (QED) is 0.834. The number of piperazine rings is 1. The molecule has 1 saturated heterocycles. The van der Waals surface area contributed by atoms with E-state index < -0.39 is 0 Å². The molecular weight excluding hydrogens is 244 g/mol. The van der Waals surface area contributed by atoms with Gasteiger partial charge in [-0.1, -0.05) is 17.3 Å². The molecule has 0 spiro atoms. The predicted molar refractivity (Wildman–Crippen MR) is 71.6 cm³/mol. The number of nitrogen functional groups attached to an aromatic ring is 1. The summed E-state index contributed by atoms with van der Waals surface area (Å²) in [5.74, 6) is 0.352. The van der Waals surface area contributed by atoms with Crippen molar-refractivity contribution in [1.82, 2.24) is 10.5 Å². The zero-order valence-corrected chi connectivity index (χ0v) is 10.3. The molecule has 1 amide bonds. The van der Waals surface area contributed by atoms with Gasteiger partial charge in [-0.2, -0.15) is 0 Å². The van der Waals surface area contributed by atoms with Crippen LogP contribution in [0, 0.1) is 0 Å². The molecule has 0 unspecified atom stereocenters. The van der Waals surface area contributed by atoms with Crippen molar-refractivity contribution in [2.24, 2.45) is 0 Å². The molecule has 98 valence electrons. The molecule has 2 heterocycles. The highest BCUT2D eigenvalue weighted by Crippen LogP contribution is 2.28. The Morgan fingerprint density at radius 2 is 2.32 bits per heavy atom. The Morgan fingerprint density at radius 3 is 3.05 bits per heavy atom. The average molecular weight is 258 g/mol. The Morgan fingerprint density at radius 1 is 1.42 bits per heavy atom. The van der Waals surface area contributed by atoms with Crippen LogP contribution >= 0.6 is 0 Å². The molecule has 1 fully saturated rings. The summed E-state index contributed by atoms with van der Waals surface area (Å²) >= 11 is 0. The predicted octanol–water partition coefficient (Wildman–Crippen LogP) is 0.860. The van der Waals surface area contributed by atoms with Crippen LogP contribution in [-0.4, -0.2) is 30.7 Å². The Bertz CT molecular complexity index is 608. The highest BCUT2D eigenvalue weighted by atomic mass is 16.5. The summed E-state index contributed by atoms with van der Waals surface area (Å²) in [6.07, 6.45) is 1.58. The van der Waals surface area contributed by atoms with E-state index in [2.05, 4.69) is 10.5 Å². The minimum Gasteiger partial charge on any atom is -0.367 e. The maximum absolute atomic E-state index is 11.9. The van der Waals surface area contributed by atoms with E-state index in [1.165, 1.54) is 0 Å². The second kappa shape index (κ2) is 4.74. The zero-order valence-electron chi connectivity index (χ0n) is 10.3. The van der Waals surface area contributed by atoms with Crippen molar-refractivity contribution in [3.63, 3.8) is 0 Å². The number of benzene rings is 1. The van der Waals surface area contributed by atoms with E-state index in [0.29, 0.717) is 13.1 Å². The number of nitrogens with one attached hydrogen (secondary N) is 1. The van der Waals surface area contributed by atoms with E-state index in [9.17, 15) is 4.79 Å². The number of aromatic nitrogens is 1. The van der Waals surface area contributed by atoms with Crippen LogP contribution < -0.4 is 16.0 Å². The first-order valence-electron chi connectivity index (χ1n) is 6.07. The molecule has 3 N–H and O–H groups in total. The third-order valence-corrected chi connectivity index (χ3v) is 3.16. The van der Waals surface area contributed by atoms with Gasteiger partial charge in [-0.25, -0.2) is 0 Å². The van der Waals surface area contributed by atoms with Crippen LogP contribution in [0.5, 0.6) is 0 Å². The molecule has 0 atom stereocenters. The molecule has 6 nitrogen and oxygen atoms in total. The van der Waals surface area contributed by atoms with Crippen molar-refractivity contribution < 1.29 is 9.32 Å². The van der Waals surface area contributed by atoms with Crippen LogP contribution in [0.1, 0.15) is 0 Å². The minimum absolute atomic E-state index is 0.0710. The third kappa shape index (κ3) is 2.17. The largest absolute Gasteiger partial charge is 0.367 e. The van der Waals surface area contributed by atoms with Gasteiger partial charge in [0.2, 0.25) is 11.8 Å². The number of hydrogen-bond donors (Lipinski definition) is 2. The molecule has 0 bridgehead atoms. The van der Waals surface area contributed by atoms with Crippen LogP contribution in [0.4, 0.5) is 11.6 Å². The smallest absolute Gasteiger partial charge is 0.240 e. The number of anilines is 2. The van der Waals surface area contributed by atoms with E-state index in [1.807, 2.05) is 24.3 Å². The van der Waals surface area contributed by atoms with E-state index in [4.69, 9.17) is 10.3 Å². The summed E-state index contributed by atoms with van der Waals surface area (Å²) in [4.78, 5) is 13.6. The highest BCUT2D eigenvalue weighted by Gasteiger charge is 2.19. The van der Waals surface area contributed by atoms with Gasteiger partial charge in [0, 0.05) is 18.8 Å². The topological polar surface area (TPSA) is 84.4 Å². The van der Waals surface area contributed by atoms with Crippen molar-refractivity contribution in [1.29, 1.82) is 0 Å². The lowest BCUT2D eigenvalue weighted by molar-refractivity contribution is -0.118. The lowest BCUT2D eigenvalue weighted by atomic mass is 10.1. The number of nitrogens with zero attached hydrogens (tertiary/aromatic N) is 2. The van der Waals surface area contributed by atoms with Gasteiger partial charge in [0.05, 0.1) is 18.3 Å². The normalized spacial score (nSPS) is 15.8. The lowest BCUT2D eigenvalue weighted by Gasteiger charge is -2.27. The molecule has 2 aromatic rings. The van der Waals surface area contributed by atoms with Crippen molar-refractivity contribution >= 4 is 17.5 Å². The summed E-state index contributed by atoms with van der Waals surface area (Å²) < 4.78 is 4.86. The zero-order chi connectivity index (χ0) is 13.2. The summed E-state index contributed by atoms with van der Waals surface area (Å²) in [7, 11) is 0. The van der Waals surface area contributed by atoms with Gasteiger partial charge in [-0.3, -0.25) is 4.79 Å². The van der Waals surface area contributed by atoms with Gasteiger partial charge in [-0.15, -0.1) is 0 Å². The molecular formula is C13H14N4O2. The van der Waals surface area contributed by atoms with Gasteiger partial charge < -0.3 is 20.5 Å². The van der Waals surface area contributed by atoms with E-state index in [0.717, 1.165) is 23.4 Å². The monoisotopic (exact) mass is 258 g/mol. The molecule has 6 heteroatoms. The van der Waals surface area contributed by atoms with Gasteiger partial charge in [0.25, 0.3) is 0 Å². The number of nitrogens with two attached hydrogens (primary N) is 1. The Balaban J connectivity index is 1.96. The Kier molecular flexibility index (Phi) is 2.92.